The minimum atomic E-state index is -0.417. The van der Waals surface area contributed by atoms with Gasteiger partial charge in [0.1, 0.15) is 17.1 Å². The number of hydrogen-bond donors (Lipinski definition) is 2. The summed E-state index contributed by atoms with van der Waals surface area (Å²) in [5.41, 5.74) is 2.83. The Morgan fingerprint density at radius 3 is 2.71 bits per heavy atom. The molecule has 1 aliphatic carbocycles. The number of hydrogen-bond acceptors (Lipinski definition) is 3. The van der Waals surface area contributed by atoms with Crippen LogP contribution in [-0.4, -0.2) is 22.7 Å². The summed E-state index contributed by atoms with van der Waals surface area (Å²) < 4.78 is 6.39. The lowest BCUT2D eigenvalue weighted by atomic mass is 9.90. The Kier molecular flexibility index (Phi) is 7.85. The highest BCUT2D eigenvalue weighted by atomic mass is 16.5. The van der Waals surface area contributed by atoms with Crippen molar-refractivity contribution in [2.24, 2.45) is 0 Å². The van der Waals surface area contributed by atoms with Crippen LogP contribution in [0.15, 0.2) is 23.8 Å². The van der Waals surface area contributed by atoms with Crippen molar-refractivity contribution < 1.29 is 14.6 Å². The molecule has 31 heavy (non-hydrogen) atoms. The summed E-state index contributed by atoms with van der Waals surface area (Å²) in [7, 11) is 0. The van der Waals surface area contributed by atoms with Crippen LogP contribution in [0.25, 0.3) is 6.08 Å². The standard InChI is InChI=1S/C27H39NO3/c1-5-6-7-12-20-18-23-22(15-17-27(4,31-23)16-10-11-19(2)3)25(29)24(20)26(30)28-21-13-8-9-14-21/h11,15,17-18,21,29H,5-10,12-14,16H2,1-4H3,(H,28,30). The molecule has 3 rings (SSSR count). The third-order valence-electron chi connectivity index (χ3n) is 6.49. The van der Waals surface area contributed by atoms with E-state index in [1.54, 1.807) is 0 Å². The summed E-state index contributed by atoms with van der Waals surface area (Å²) >= 11 is 0. The van der Waals surface area contributed by atoms with Gasteiger partial charge in [0.15, 0.2) is 0 Å². The molecule has 1 saturated carbocycles. The number of benzene rings is 1. The Bertz CT molecular complexity index is 845. The minimum Gasteiger partial charge on any atom is -0.506 e. The van der Waals surface area contributed by atoms with E-state index in [1.807, 2.05) is 18.2 Å². The van der Waals surface area contributed by atoms with Crippen LogP contribution >= 0.6 is 0 Å². The van der Waals surface area contributed by atoms with E-state index in [4.69, 9.17) is 4.74 Å². The van der Waals surface area contributed by atoms with Crippen LogP contribution < -0.4 is 10.1 Å². The topological polar surface area (TPSA) is 58.6 Å². The smallest absolute Gasteiger partial charge is 0.255 e. The Hall–Kier alpha value is -2.23. The van der Waals surface area contributed by atoms with Crippen LogP contribution in [0.4, 0.5) is 0 Å². The number of amides is 1. The summed E-state index contributed by atoms with van der Waals surface area (Å²) in [4.78, 5) is 13.2. The number of phenolic OH excluding ortho intramolecular Hbond substituents is 1. The summed E-state index contributed by atoms with van der Waals surface area (Å²) in [6.45, 7) is 8.46. The number of phenols is 1. The summed E-state index contributed by atoms with van der Waals surface area (Å²) in [5.74, 6) is 0.592. The normalized spacial score (nSPS) is 20.3. The van der Waals surface area contributed by atoms with Crippen LogP contribution in [0.5, 0.6) is 11.5 Å². The fourth-order valence-corrected chi connectivity index (χ4v) is 4.63. The zero-order chi connectivity index (χ0) is 22.4. The largest absolute Gasteiger partial charge is 0.506 e. The molecule has 2 aliphatic rings. The van der Waals surface area contributed by atoms with Gasteiger partial charge in [-0.1, -0.05) is 44.3 Å². The number of nitrogens with one attached hydrogen (secondary N) is 1. The van der Waals surface area contributed by atoms with Gasteiger partial charge in [-0.15, -0.1) is 0 Å². The molecule has 170 valence electrons. The molecule has 1 heterocycles. The first-order valence-corrected chi connectivity index (χ1v) is 12.0. The van der Waals surface area contributed by atoms with Crippen molar-refractivity contribution >= 4 is 12.0 Å². The summed E-state index contributed by atoms with van der Waals surface area (Å²) in [6, 6.07) is 2.22. The number of rotatable bonds is 9. The number of carbonyl (C=O) groups excluding carboxylic acids is 1. The Balaban J connectivity index is 1.89. The lowest BCUT2D eigenvalue weighted by Gasteiger charge is -2.32. The van der Waals surface area contributed by atoms with E-state index < -0.39 is 5.60 Å². The zero-order valence-corrected chi connectivity index (χ0v) is 19.7. The molecule has 1 unspecified atom stereocenters. The predicted octanol–water partition coefficient (Wildman–Crippen LogP) is 6.71. The van der Waals surface area contributed by atoms with Gasteiger partial charge in [0.05, 0.1) is 11.1 Å². The maximum Gasteiger partial charge on any atom is 0.255 e. The first kappa shape index (κ1) is 23.4. The lowest BCUT2D eigenvalue weighted by molar-refractivity contribution is 0.0933. The van der Waals surface area contributed by atoms with Crippen molar-refractivity contribution in [2.45, 2.75) is 104 Å². The maximum absolute atomic E-state index is 13.2. The monoisotopic (exact) mass is 425 g/mol. The van der Waals surface area contributed by atoms with Crippen molar-refractivity contribution in [3.8, 4) is 11.5 Å². The molecule has 0 bridgehead atoms. The molecule has 1 aromatic rings. The van der Waals surface area contributed by atoms with Crippen molar-refractivity contribution in [3.05, 3.63) is 40.5 Å². The summed E-state index contributed by atoms with van der Waals surface area (Å²) in [5, 5.41) is 14.3. The maximum atomic E-state index is 13.2. The molecular formula is C27H39NO3. The van der Waals surface area contributed by atoms with E-state index in [9.17, 15) is 9.90 Å². The third kappa shape index (κ3) is 5.93. The Labute approximate surface area is 187 Å². The Morgan fingerprint density at radius 1 is 1.29 bits per heavy atom. The molecule has 0 spiro atoms. The van der Waals surface area contributed by atoms with Gasteiger partial charge < -0.3 is 15.2 Å². The molecule has 0 saturated heterocycles. The molecule has 4 heteroatoms. The van der Waals surface area contributed by atoms with E-state index in [0.717, 1.165) is 69.8 Å². The van der Waals surface area contributed by atoms with Crippen LogP contribution in [0.1, 0.15) is 107 Å². The predicted molar refractivity (Wildman–Crippen MR) is 128 cm³/mol. The SMILES string of the molecule is CCCCCc1cc2c(c(O)c1C(=O)NC1CCCC1)C=CC(C)(CCC=C(C)C)O2. The van der Waals surface area contributed by atoms with Gasteiger partial charge in [0.2, 0.25) is 0 Å². The molecule has 0 aromatic heterocycles. The molecule has 1 aromatic carbocycles. The van der Waals surface area contributed by atoms with Gasteiger partial charge in [-0.05, 0) is 83.1 Å². The number of aromatic hydroxyl groups is 1. The van der Waals surface area contributed by atoms with E-state index in [1.165, 1.54) is 5.57 Å². The van der Waals surface area contributed by atoms with E-state index in [-0.39, 0.29) is 17.7 Å². The first-order chi connectivity index (χ1) is 14.8. The van der Waals surface area contributed by atoms with Crippen molar-refractivity contribution in [1.29, 1.82) is 0 Å². The fourth-order valence-electron chi connectivity index (χ4n) is 4.63. The number of carbonyl (C=O) groups is 1. The van der Waals surface area contributed by atoms with E-state index >= 15 is 0 Å². The molecule has 4 nitrogen and oxygen atoms in total. The van der Waals surface area contributed by atoms with Gasteiger partial charge in [0.25, 0.3) is 5.91 Å². The van der Waals surface area contributed by atoms with Crippen molar-refractivity contribution in [1.82, 2.24) is 5.32 Å². The van der Waals surface area contributed by atoms with Gasteiger partial charge in [0, 0.05) is 6.04 Å². The highest BCUT2D eigenvalue weighted by Gasteiger charge is 2.31. The van der Waals surface area contributed by atoms with Crippen LogP contribution in [0.3, 0.4) is 0 Å². The highest BCUT2D eigenvalue weighted by Crippen LogP contribution is 2.42. The second-order valence-electron chi connectivity index (χ2n) is 9.65. The quantitative estimate of drug-likeness (QED) is 0.341. The van der Waals surface area contributed by atoms with Crippen molar-refractivity contribution in [2.75, 3.05) is 0 Å². The van der Waals surface area contributed by atoms with E-state index in [0.29, 0.717) is 16.9 Å². The number of aryl methyl sites for hydroxylation is 1. The second kappa shape index (κ2) is 10.4. The van der Waals surface area contributed by atoms with Gasteiger partial charge >= 0.3 is 0 Å². The molecule has 2 N–H and O–H groups in total. The molecule has 1 aliphatic heterocycles. The molecule has 1 atom stereocenters. The van der Waals surface area contributed by atoms with Crippen molar-refractivity contribution in [3.63, 3.8) is 0 Å². The summed E-state index contributed by atoms with van der Waals surface area (Å²) in [6.07, 6.45) is 16.3. The molecular weight excluding hydrogens is 386 g/mol. The van der Waals surface area contributed by atoms with Crippen LogP contribution in [-0.2, 0) is 6.42 Å². The van der Waals surface area contributed by atoms with Crippen LogP contribution in [0, 0.1) is 0 Å². The Morgan fingerprint density at radius 2 is 2.03 bits per heavy atom. The molecule has 0 radical (unpaired) electrons. The average molecular weight is 426 g/mol. The number of fused-ring (bicyclic) bond motifs is 1. The second-order valence-corrected chi connectivity index (χ2v) is 9.65. The molecule has 1 amide bonds. The number of allylic oxidation sites excluding steroid dienone is 2. The average Bonchev–Trinajstić information content (AvgIpc) is 3.20. The number of unbranched alkanes of at least 4 members (excludes halogenated alkanes) is 2. The lowest BCUT2D eigenvalue weighted by Crippen LogP contribution is -2.34. The fraction of sp³-hybridized carbons (Fsp3) is 0.593. The molecule has 1 fully saturated rings. The third-order valence-corrected chi connectivity index (χ3v) is 6.49. The van der Waals surface area contributed by atoms with Crippen LogP contribution in [0.2, 0.25) is 0 Å². The minimum absolute atomic E-state index is 0.0575. The zero-order valence-electron chi connectivity index (χ0n) is 19.7. The first-order valence-electron chi connectivity index (χ1n) is 12.0. The van der Waals surface area contributed by atoms with Gasteiger partial charge in [-0.25, -0.2) is 0 Å². The number of ether oxygens (including phenoxy) is 1. The highest BCUT2D eigenvalue weighted by molar-refractivity contribution is 6.00. The van der Waals surface area contributed by atoms with E-state index in [2.05, 4.69) is 39.1 Å². The van der Waals surface area contributed by atoms with Gasteiger partial charge in [-0.3, -0.25) is 4.79 Å². The van der Waals surface area contributed by atoms with Gasteiger partial charge in [-0.2, -0.15) is 0 Å².